The Kier molecular flexibility index (Phi) is 8.46. The van der Waals surface area contributed by atoms with Gasteiger partial charge in [0, 0.05) is 18.9 Å². The summed E-state index contributed by atoms with van der Waals surface area (Å²) in [7, 11) is 0. The first-order chi connectivity index (χ1) is 7.97. The van der Waals surface area contributed by atoms with E-state index in [4.69, 9.17) is 5.11 Å². The van der Waals surface area contributed by atoms with Gasteiger partial charge in [-0.05, 0) is 18.8 Å². The molecule has 0 aliphatic heterocycles. The van der Waals surface area contributed by atoms with E-state index in [1.807, 2.05) is 13.8 Å². The number of carbonyl (C=O) groups excluding carboxylic acids is 1. The van der Waals surface area contributed by atoms with E-state index in [2.05, 4.69) is 12.2 Å². The van der Waals surface area contributed by atoms with E-state index < -0.39 is 5.97 Å². The van der Waals surface area contributed by atoms with Crippen molar-refractivity contribution in [2.24, 2.45) is 11.8 Å². The van der Waals surface area contributed by atoms with Crippen molar-refractivity contribution in [3.05, 3.63) is 0 Å². The number of carboxylic acids is 1. The molecule has 0 aliphatic rings. The van der Waals surface area contributed by atoms with Gasteiger partial charge in [-0.25, -0.2) is 0 Å². The average Bonchev–Trinajstić information content (AvgIpc) is 2.25. The molecule has 0 bridgehead atoms. The summed E-state index contributed by atoms with van der Waals surface area (Å²) in [5, 5.41) is 11.5. The van der Waals surface area contributed by atoms with Gasteiger partial charge >= 0.3 is 5.97 Å². The Hall–Kier alpha value is -1.06. The molecule has 0 fully saturated rings. The lowest BCUT2D eigenvalue weighted by atomic mass is 9.94. The van der Waals surface area contributed by atoms with Crippen molar-refractivity contribution in [2.75, 3.05) is 6.54 Å². The molecule has 4 heteroatoms. The predicted octanol–water partition coefficient (Wildman–Crippen LogP) is 2.43. The zero-order valence-electron chi connectivity index (χ0n) is 11.2. The molecule has 0 rings (SSSR count). The molecule has 17 heavy (non-hydrogen) atoms. The van der Waals surface area contributed by atoms with Crippen molar-refractivity contribution in [3.63, 3.8) is 0 Å². The Labute approximate surface area is 104 Å². The smallest absolute Gasteiger partial charge is 0.303 e. The lowest BCUT2D eigenvalue weighted by molar-refractivity contribution is -0.137. The SMILES string of the molecule is CCCC(CCNC(=O)C(C)C)CCC(=O)O. The van der Waals surface area contributed by atoms with Crippen molar-refractivity contribution >= 4 is 11.9 Å². The van der Waals surface area contributed by atoms with E-state index in [0.29, 0.717) is 18.9 Å². The van der Waals surface area contributed by atoms with Gasteiger partial charge in [0.2, 0.25) is 5.91 Å². The van der Waals surface area contributed by atoms with Crippen molar-refractivity contribution < 1.29 is 14.7 Å². The largest absolute Gasteiger partial charge is 0.481 e. The van der Waals surface area contributed by atoms with Gasteiger partial charge in [-0.15, -0.1) is 0 Å². The number of hydrogen-bond donors (Lipinski definition) is 2. The van der Waals surface area contributed by atoms with Crippen LogP contribution in [0.2, 0.25) is 0 Å². The Morgan fingerprint density at radius 2 is 1.82 bits per heavy atom. The first-order valence-electron chi connectivity index (χ1n) is 6.46. The third kappa shape index (κ3) is 8.72. The van der Waals surface area contributed by atoms with Gasteiger partial charge < -0.3 is 10.4 Å². The quantitative estimate of drug-likeness (QED) is 0.653. The number of carboxylic acid groups (broad SMARTS) is 1. The highest BCUT2D eigenvalue weighted by molar-refractivity contribution is 5.77. The van der Waals surface area contributed by atoms with Crippen molar-refractivity contribution in [3.8, 4) is 0 Å². The summed E-state index contributed by atoms with van der Waals surface area (Å²) in [6.07, 6.45) is 3.90. The Morgan fingerprint density at radius 3 is 2.29 bits per heavy atom. The molecule has 1 atom stereocenters. The first-order valence-corrected chi connectivity index (χ1v) is 6.46. The number of rotatable bonds is 9. The fraction of sp³-hybridized carbons (Fsp3) is 0.846. The molecule has 0 radical (unpaired) electrons. The highest BCUT2D eigenvalue weighted by Gasteiger charge is 2.11. The molecule has 0 aromatic carbocycles. The predicted molar refractivity (Wildman–Crippen MR) is 67.7 cm³/mol. The molecule has 4 nitrogen and oxygen atoms in total. The molecular formula is C13H25NO3. The molecule has 2 N–H and O–H groups in total. The molecule has 100 valence electrons. The van der Waals surface area contributed by atoms with Gasteiger partial charge in [0.05, 0.1) is 0 Å². The maximum atomic E-state index is 11.3. The van der Waals surface area contributed by atoms with Crippen LogP contribution in [0.25, 0.3) is 0 Å². The molecule has 0 spiro atoms. The van der Waals surface area contributed by atoms with Gasteiger partial charge in [-0.1, -0.05) is 33.6 Å². The Balaban J connectivity index is 3.83. The third-order valence-corrected chi connectivity index (χ3v) is 2.84. The van der Waals surface area contributed by atoms with Gasteiger partial charge in [0.1, 0.15) is 0 Å². The van der Waals surface area contributed by atoms with Crippen molar-refractivity contribution in [1.29, 1.82) is 0 Å². The summed E-state index contributed by atoms with van der Waals surface area (Å²) >= 11 is 0. The molecule has 0 heterocycles. The number of aliphatic carboxylic acids is 1. The zero-order chi connectivity index (χ0) is 13.3. The van der Waals surface area contributed by atoms with Crippen LogP contribution in [0.3, 0.4) is 0 Å². The summed E-state index contributed by atoms with van der Waals surface area (Å²) in [6, 6.07) is 0. The van der Waals surface area contributed by atoms with Crippen LogP contribution in [0.4, 0.5) is 0 Å². The standard InChI is InChI=1S/C13H25NO3/c1-4-5-11(6-7-12(15)16)8-9-14-13(17)10(2)3/h10-11H,4-9H2,1-3H3,(H,14,17)(H,15,16). The van der Waals surface area contributed by atoms with Gasteiger partial charge in [-0.2, -0.15) is 0 Å². The molecule has 1 amide bonds. The first kappa shape index (κ1) is 15.9. The summed E-state index contributed by atoms with van der Waals surface area (Å²) in [6.45, 7) is 6.48. The van der Waals surface area contributed by atoms with Crippen molar-refractivity contribution in [1.82, 2.24) is 5.32 Å². The lowest BCUT2D eigenvalue weighted by Gasteiger charge is -2.16. The number of hydrogen-bond acceptors (Lipinski definition) is 2. The minimum atomic E-state index is -0.739. The van der Waals surface area contributed by atoms with Crippen LogP contribution in [0, 0.1) is 11.8 Å². The maximum absolute atomic E-state index is 11.3. The molecule has 0 aromatic heterocycles. The zero-order valence-corrected chi connectivity index (χ0v) is 11.2. The second-order valence-corrected chi connectivity index (χ2v) is 4.82. The van der Waals surface area contributed by atoms with Gasteiger partial charge in [0.25, 0.3) is 0 Å². The fourth-order valence-corrected chi connectivity index (χ4v) is 1.77. The highest BCUT2D eigenvalue weighted by Crippen LogP contribution is 2.17. The summed E-state index contributed by atoms with van der Waals surface area (Å²) in [5.74, 6) is -0.252. The number of amides is 1. The Morgan fingerprint density at radius 1 is 1.18 bits per heavy atom. The van der Waals surface area contributed by atoms with Crippen LogP contribution in [0.1, 0.15) is 52.9 Å². The minimum Gasteiger partial charge on any atom is -0.481 e. The fourth-order valence-electron chi connectivity index (χ4n) is 1.77. The van der Waals surface area contributed by atoms with Crippen LogP contribution in [-0.4, -0.2) is 23.5 Å². The van der Waals surface area contributed by atoms with E-state index in [-0.39, 0.29) is 18.2 Å². The van der Waals surface area contributed by atoms with E-state index in [1.54, 1.807) is 0 Å². The number of carbonyl (C=O) groups is 2. The van der Waals surface area contributed by atoms with Crippen LogP contribution in [-0.2, 0) is 9.59 Å². The van der Waals surface area contributed by atoms with E-state index in [9.17, 15) is 9.59 Å². The van der Waals surface area contributed by atoms with Crippen LogP contribution in [0.15, 0.2) is 0 Å². The Bertz CT molecular complexity index is 239. The number of nitrogens with one attached hydrogen (secondary N) is 1. The van der Waals surface area contributed by atoms with Crippen molar-refractivity contribution in [2.45, 2.75) is 52.9 Å². The van der Waals surface area contributed by atoms with Crippen LogP contribution < -0.4 is 5.32 Å². The molecule has 0 saturated heterocycles. The van der Waals surface area contributed by atoms with E-state index in [0.717, 1.165) is 19.3 Å². The van der Waals surface area contributed by atoms with Gasteiger partial charge in [0.15, 0.2) is 0 Å². The monoisotopic (exact) mass is 243 g/mol. The van der Waals surface area contributed by atoms with Gasteiger partial charge in [-0.3, -0.25) is 9.59 Å². The normalized spacial score (nSPS) is 12.5. The second-order valence-electron chi connectivity index (χ2n) is 4.82. The highest BCUT2D eigenvalue weighted by atomic mass is 16.4. The molecule has 0 saturated carbocycles. The molecule has 0 aliphatic carbocycles. The minimum absolute atomic E-state index is 0.0126. The lowest BCUT2D eigenvalue weighted by Crippen LogP contribution is -2.29. The van der Waals surface area contributed by atoms with E-state index in [1.165, 1.54) is 0 Å². The van der Waals surface area contributed by atoms with Crippen LogP contribution >= 0.6 is 0 Å². The molecular weight excluding hydrogens is 218 g/mol. The van der Waals surface area contributed by atoms with E-state index >= 15 is 0 Å². The summed E-state index contributed by atoms with van der Waals surface area (Å²) < 4.78 is 0. The molecule has 0 aromatic rings. The molecule has 1 unspecified atom stereocenters. The topological polar surface area (TPSA) is 66.4 Å². The maximum Gasteiger partial charge on any atom is 0.303 e. The average molecular weight is 243 g/mol. The van der Waals surface area contributed by atoms with Crippen LogP contribution in [0.5, 0.6) is 0 Å². The summed E-state index contributed by atoms with van der Waals surface area (Å²) in [5.41, 5.74) is 0. The third-order valence-electron chi connectivity index (χ3n) is 2.84. The second kappa shape index (κ2) is 9.02. The summed E-state index contributed by atoms with van der Waals surface area (Å²) in [4.78, 5) is 21.9.